The number of hydrogen-bond donors (Lipinski definition) is 0. The number of rotatable bonds is 5. The van der Waals surface area contributed by atoms with Crippen molar-refractivity contribution in [1.29, 1.82) is 0 Å². The zero-order valence-electron chi connectivity index (χ0n) is 12.9. The minimum absolute atomic E-state index is 0.825. The molecule has 1 aromatic rings. The van der Waals surface area contributed by atoms with Gasteiger partial charge in [0, 0.05) is 11.3 Å². The molecular weight excluding hydrogens is 299 g/mol. The summed E-state index contributed by atoms with van der Waals surface area (Å²) in [5.41, 5.74) is 3.79. The Bertz CT molecular complexity index is 431. The Morgan fingerprint density at radius 3 is 1.81 bits per heavy atom. The van der Waals surface area contributed by atoms with Gasteiger partial charge in [0.05, 0.1) is 12.4 Å². The van der Waals surface area contributed by atoms with Crippen LogP contribution in [0, 0.1) is 5.62 Å². The van der Waals surface area contributed by atoms with Crippen molar-refractivity contribution >= 4 is 24.2 Å². The zero-order chi connectivity index (χ0) is 14.7. The van der Waals surface area contributed by atoms with Gasteiger partial charge in [0.15, 0.2) is 0 Å². The van der Waals surface area contributed by atoms with Crippen LogP contribution in [0.1, 0.15) is 51.4 Å². The van der Waals surface area contributed by atoms with Crippen molar-refractivity contribution in [3.8, 4) is 5.75 Å². The number of halogens is 1. The van der Waals surface area contributed by atoms with Gasteiger partial charge in [0.1, 0.15) is 5.75 Å². The van der Waals surface area contributed by atoms with Crippen molar-refractivity contribution in [2.24, 2.45) is 0 Å². The fourth-order valence-corrected chi connectivity index (χ4v) is 10.7. The topological polar surface area (TPSA) is 9.23 Å². The van der Waals surface area contributed by atoms with Crippen LogP contribution in [0.4, 0.5) is 0 Å². The molecular formula is C18H26ClOP. The average Bonchev–Trinajstić information content (AvgIpc) is 3.23. The SMILES string of the molecule is COc1ccc([P+]([CH-]Cl)(C2CCCC2)C2CCCC2)cc1. The van der Waals surface area contributed by atoms with Crippen LogP contribution in [0.3, 0.4) is 0 Å². The molecule has 1 nitrogen and oxygen atoms in total. The standard InChI is InChI=1S/C18H26ClOP/c1-20-15-10-12-18(13-11-15)21(14-19,16-6-2-3-7-16)17-8-4-5-9-17/h10-14,16-17H,2-9H2,1H3. The summed E-state index contributed by atoms with van der Waals surface area (Å²) < 4.78 is 5.34. The molecule has 2 aliphatic rings. The smallest absolute Gasteiger partial charge is 0.119 e. The molecule has 0 bridgehead atoms. The van der Waals surface area contributed by atoms with Gasteiger partial charge in [-0.25, -0.2) is 0 Å². The highest BCUT2D eigenvalue weighted by Gasteiger charge is 2.48. The summed E-state index contributed by atoms with van der Waals surface area (Å²) >= 11 is 6.59. The number of methoxy groups -OCH3 is 1. The minimum atomic E-state index is -1.37. The van der Waals surface area contributed by atoms with Crippen LogP contribution in [-0.2, 0) is 0 Å². The molecule has 0 unspecified atom stereocenters. The quantitative estimate of drug-likeness (QED) is 0.507. The molecule has 0 spiro atoms. The van der Waals surface area contributed by atoms with Crippen LogP contribution in [0.15, 0.2) is 24.3 Å². The van der Waals surface area contributed by atoms with E-state index in [1.165, 1.54) is 56.7 Å². The predicted molar refractivity (Wildman–Crippen MR) is 94.2 cm³/mol. The third-order valence-electron chi connectivity index (χ3n) is 5.54. The average molecular weight is 325 g/mol. The molecule has 116 valence electrons. The first-order valence-electron chi connectivity index (χ1n) is 8.28. The summed E-state index contributed by atoms with van der Waals surface area (Å²) in [5.74, 6) is 0.948. The second kappa shape index (κ2) is 6.88. The van der Waals surface area contributed by atoms with Crippen molar-refractivity contribution in [2.75, 3.05) is 7.11 Å². The Hall–Kier alpha value is -0.260. The summed E-state index contributed by atoms with van der Waals surface area (Å²) in [7, 11) is 0.365. The Morgan fingerprint density at radius 2 is 1.43 bits per heavy atom. The van der Waals surface area contributed by atoms with Crippen LogP contribution in [0.25, 0.3) is 0 Å². The second-order valence-electron chi connectivity index (χ2n) is 6.51. The van der Waals surface area contributed by atoms with Crippen molar-refractivity contribution in [1.82, 2.24) is 0 Å². The molecule has 0 saturated heterocycles. The maximum atomic E-state index is 6.59. The van der Waals surface area contributed by atoms with Gasteiger partial charge in [-0.05, 0) is 75.6 Å². The lowest BCUT2D eigenvalue weighted by Crippen LogP contribution is -2.28. The highest BCUT2D eigenvalue weighted by atomic mass is 35.5. The summed E-state index contributed by atoms with van der Waals surface area (Å²) in [6, 6.07) is 8.83. The van der Waals surface area contributed by atoms with Crippen LogP contribution in [0.5, 0.6) is 5.75 Å². The summed E-state index contributed by atoms with van der Waals surface area (Å²) in [5, 5.41) is 1.51. The Labute approximate surface area is 134 Å². The lowest BCUT2D eigenvalue weighted by molar-refractivity contribution is 0.415. The van der Waals surface area contributed by atoms with Crippen LogP contribution >= 0.6 is 18.9 Å². The molecule has 0 aliphatic heterocycles. The third kappa shape index (κ3) is 2.84. The molecule has 2 fully saturated rings. The number of benzene rings is 1. The highest BCUT2D eigenvalue weighted by Crippen LogP contribution is 2.74. The summed E-state index contributed by atoms with van der Waals surface area (Å²) in [6.07, 6.45) is 11.1. The first kappa shape index (κ1) is 15.6. The fraction of sp³-hybridized carbons (Fsp3) is 0.611. The van der Waals surface area contributed by atoms with E-state index in [1.807, 2.05) is 0 Å². The highest BCUT2D eigenvalue weighted by molar-refractivity contribution is 7.87. The van der Waals surface area contributed by atoms with Crippen molar-refractivity contribution < 1.29 is 4.74 Å². The molecule has 0 atom stereocenters. The van der Waals surface area contributed by atoms with Crippen LogP contribution < -0.4 is 10.0 Å². The van der Waals surface area contributed by atoms with Gasteiger partial charge in [0.2, 0.25) is 0 Å². The number of ether oxygens (including phenoxy) is 1. The maximum absolute atomic E-state index is 6.59. The molecule has 2 saturated carbocycles. The Kier molecular flexibility index (Phi) is 5.12. The third-order valence-corrected chi connectivity index (χ3v) is 11.5. The van der Waals surface area contributed by atoms with E-state index in [1.54, 1.807) is 7.11 Å². The van der Waals surface area contributed by atoms with E-state index in [2.05, 4.69) is 29.9 Å². The lowest BCUT2D eigenvalue weighted by atomic mass is 10.3. The van der Waals surface area contributed by atoms with Crippen LogP contribution in [0.2, 0.25) is 0 Å². The summed E-state index contributed by atoms with van der Waals surface area (Å²) in [4.78, 5) is 0. The number of hydrogen-bond acceptors (Lipinski definition) is 1. The fourth-order valence-electron chi connectivity index (χ4n) is 4.44. The normalized spacial score (nSPS) is 21.0. The maximum Gasteiger partial charge on any atom is 0.119 e. The van der Waals surface area contributed by atoms with E-state index in [9.17, 15) is 0 Å². The zero-order valence-corrected chi connectivity index (χ0v) is 14.6. The lowest BCUT2D eigenvalue weighted by Gasteiger charge is -2.43. The van der Waals surface area contributed by atoms with Crippen molar-refractivity contribution in [3.05, 3.63) is 29.9 Å². The molecule has 0 N–H and O–H groups in total. The summed E-state index contributed by atoms with van der Waals surface area (Å²) in [6.45, 7) is 0. The van der Waals surface area contributed by atoms with E-state index >= 15 is 0 Å². The van der Waals surface area contributed by atoms with Crippen LogP contribution in [-0.4, -0.2) is 18.4 Å². The van der Waals surface area contributed by atoms with Gasteiger partial charge in [-0.1, -0.05) is 12.9 Å². The van der Waals surface area contributed by atoms with Gasteiger partial charge in [-0.15, -0.1) is 0 Å². The molecule has 2 aliphatic carbocycles. The van der Waals surface area contributed by atoms with E-state index < -0.39 is 7.26 Å². The molecule has 0 heterocycles. The van der Waals surface area contributed by atoms with Gasteiger partial charge >= 0.3 is 0 Å². The Balaban J connectivity index is 1.99. The monoisotopic (exact) mass is 324 g/mol. The largest absolute Gasteiger partial charge is 0.497 e. The molecule has 3 rings (SSSR count). The molecule has 0 radical (unpaired) electrons. The van der Waals surface area contributed by atoms with Gasteiger partial charge < -0.3 is 16.3 Å². The van der Waals surface area contributed by atoms with E-state index in [0.29, 0.717) is 0 Å². The molecule has 0 amide bonds. The van der Waals surface area contributed by atoms with Gasteiger partial charge in [-0.3, -0.25) is 0 Å². The van der Waals surface area contributed by atoms with E-state index in [0.717, 1.165) is 17.1 Å². The van der Waals surface area contributed by atoms with Crippen molar-refractivity contribution in [2.45, 2.75) is 62.7 Å². The van der Waals surface area contributed by atoms with E-state index in [-0.39, 0.29) is 0 Å². The van der Waals surface area contributed by atoms with Crippen molar-refractivity contribution in [3.63, 3.8) is 0 Å². The minimum Gasteiger partial charge on any atom is -0.497 e. The first-order valence-corrected chi connectivity index (χ1v) is 10.7. The molecule has 3 heteroatoms. The second-order valence-corrected chi connectivity index (χ2v) is 10.9. The molecule has 21 heavy (non-hydrogen) atoms. The van der Waals surface area contributed by atoms with E-state index in [4.69, 9.17) is 16.3 Å². The molecule has 0 aromatic heterocycles. The predicted octanol–water partition coefficient (Wildman–Crippen LogP) is 5.58. The molecule has 1 aromatic carbocycles. The van der Waals surface area contributed by atoms with Gasteiger partial charge in [0.25, 0.3) is 0 Å². The Morgan fingerprint density at radius 1 is 0.952 bits per heavy atom. The van der Waals surface area contributed by atoms with Gasteiger partial charge in [-0.2, -0.15) is 0 Å². The first-order chi connectivity index (χ1) is 10.3.